The molecule has 0 amide bonds. The van der Waals surface area contributed by atoms with Crippen LogP contribution in [-0.2, 0) is 14.3 Å². The predicted molar refractivity (Wildman–Crippen MR) is 138 cm³/mol. The Balaban J connectivity index is 1.77. The second-order valence-electron chi connectivity index (χ2n) is 9.14. The van der Waals surface area contributed by atoms with Gasteiger partial charge in [-0.3, -0.25) is 4.79 Å². The third-order valence-corrected chi connectivity index (χ3v) is 6.94. The topological polar surface area (TPSA) is 73.9 Å². The highest BCUT2D eigenvalue weighted by Crippen LogP contribution is 2.46. The zero-order chi connectivity index (χ0) is 25.3. The Hall–Kier alpha value is -3.06. The van der Waals surface area contributed by atoms with Crippen molar-refractivity contribution in [2.24, 2.45) is 0 Å². The van der Waals surface area contributed by atoms with Crippen LogP contribution >= 0.6 is 15.9 Å². The Labute approximate surface area is 214 Å². The molecule has 0 unspecified atom stereocenters. The summed E-state index contributed by atoms with van der Waals surface area (Å²) in [6.07, 6.45) is 0.717. The van der Waals surface area contributed by atoms with Gasteiger partial charge in [0, 0.05) is 33.8 Å². The molecular formula is C28H30BrNO5. The number of benzene rings is 2. The van der Waals surface area contributed by atoms with E-state index in [0.29, 0.717) is 41.2 Å². The van der Waals surface area contributed by atoms with Crippen LogP contribution in [0.1, 0.15) is 56.6 Å². The summed E-state index contributed by atoms with van der Waals surface area (Å²) >= 11 is 3.54. The van der Waals surface area contributed by atoms with Crippen LogP contribution in [0.2, 0.25) is 0 Å². The summed E-state index contributed by atoms with van der Waals surface area (Å²) in [7, 11) is 3.20. The smallest absolute Gasteiger partial charge is 0.337 e. The molecule has 0 fully saturated rings. The third-order valence-electron chi connectivity index (χ3n) is 6.45. The van der Waals surface area contributed by atoms with E-state index in [-0.39, 0.29) is 17.8 Å². The first-order valence-corrected chi connectivity index (χ1v) is 12.4. The number of nitrogens with one attached hydrogen (secondary N) is 1. The lowest BCUT2D eigenvalue weighted by Gasteiger charge is -2.37. The molecule has 2 aromatic carbocycles. The molecule has 0 saturated heterocycles. The van der Waals surface area contributed by atoms with Crippen molar-refractivity contribution in [1.29, 1.82) is 0 Å². The number of allylic oxidation sites excluding steroid dienone is 3. The molecule has 1 N–H and O–H groups in total. The second-order valence-corrected chi connectivity index (χ2v) is 10.1. The van der Waals surface area contributed by atoms with Gasteiger partial charge in [-0.05, 0) is 68.5 Å². The standard InChI is InChI=1S/C28H30BrNO5/c1-15(2)35-28(32)25-16(3)30-21-12-19(17-9-10-23(33-4)24(14-17)34-5)13-22(31)27(21)26(25)18-7-6-8-20(29)11-18/h6-11,14-15,19,26,30H,12-13H2,1-5H3/t19-,26+/m1/s1. The van der Waals surface area contributed by atoms with Gasteiger partial charge in [-0.25, -0.2) is 4.79 Å². The first-order chi connectivity index (χ1) is 16.7. The molecule has 1 aliphatic carbocycles. The lowest BCUT2D eigenvalue weighted by molar-refractivity contribution is -0.143. The molecule has 2 aromatic rings. The summed E-state index contributed by atoms with van der Waals surface area (Å²) in [5.74, 6) is 0.385. The molecule has 184 valence electrons. The fourth-order valence-corrected chi connectivity index (χ4v) is 5.37. The summed E-state index contributed by atoms with van der Waals surface area (Å²) in [6.45, 7) is 5.51. The van der Waals surface area contributed by atoms with Crippen LogP contribution in [0.5, 0.6) is 11.5 Å². The molecule has 0 spiro atoms. The summed E-state index contributed by atoms with van der Waals surface area (Å²) in [4.78, 5) is 26.9. The van der Waals surface area contributed by atoms with E-state index in [4.69, 9.17) is 14.2 Å². The molecule has 35 heavy (non-hydrogen) atoms. The van der Waals surface area contributed by atoms with Crippen LogP contribution in [0.4, 0.5) is 0 Å². The number of carbonyl (C=O) groups excluding carboxylic acids is 2. The number of hydrogen-bond donors (Lipinski definition) is 1. The molecule has 1 heterocycles. The molecule has 1 aliphatic heterocycles. The van der Waals surface area contributed by atoms with Gasteiger partial charge in [-0.15, -0.1) is 0 Å². The van der Waals surface area contributed by atoms with Gasteiger partial charge in [0.25, 0.3) is 0 Å². The summed E-state index contributed by atoms with van der Waals surface area (Å²) in [5.41, 5.74) is 4.57. The van der Waals surface area contributed by atoms with Gasteiger partial charge in [0.2, 0.25) is 0 Å². The molecule has 0 bridgehead atoms. The molecular weight excluding hydrogens is 510 g/mol. The largest absolute Gasteiger partial charge is 0.493 e. The predicted octanol–water partition coefficient (Wildman–Crippen LogP) is 5.78. The quantitative estimate of drug-likeness (QED) is 0.469. The van der Waals surface area contributed by atoms with Crippen molar-refractivity contribution in [2.45, 2.75) is 51.6 Å². The lowest BCUT2D eigenvalue weighted by atomic mass is 9.71. The normalized spacial score (nSPS) is 19.9. The van der Waals surface area contributed by atoms with E-state index in [1.807, 2.05) is 63.2 Å². The number of carbonyl (C=O) groups is 2. The maximum atomic E-state index is 13.7. The van der Waals surface area contributed by atoms with Crippen molar-refractivity contribution in [3.63, 3.8) is 0 Å². The Morgan fingerprint density at radius 2 is 1.77 bits per heavy atom. The number of ketones is 1. The Morgan fingerprint density at radius 3 is 2.43 bits per heavy atom. The van der Waals surface area contributed by atoms with Gasteiger partial charge in [0.1, 0.15) is 0 Å². The van der Waals surface area contributed by atoms with E-state index in [1.165, 1.54) is 0 Å². The average Bonchev–Trinajstić information content (AvgIpc) is 2.82. The molecule has 4 rings (SSSR count). The summed E-state index contributed by atoms with van der Waals surface area (Å²) in [6, 6.07) is 13.5. The van der Waals surface area contributed by atoms with Crippen molar-refractivity contribution in [1.82, 2.24) is 5.32 Å². The number of ether oxygens (including phenoxy) is 3. The zero-order valence-electron chi connectivity index (χ0n) is 20.6. The fraction of sp³-hybridized carbons (Fsp3) is 0.357. The van der Waals surface area contributed by atoms with Gasteiger partial charge in [-0.1, -0.05) is 34.1 Å². The molecule has 7 heteroatoms. The van der Waals surface area contributed by atoms with Crippen molar-refractivity contribution < 1.29 is 23.8 Å². The number of esters is 1. The van der Waals surface area contributed by atoms with Gasteiger partial charge in [0.15, 0.2) is 17.3 Å². The van der Waals surface area contributed by atoms with Gasteiger partial charge >= 0.3 is 5.97 Å². The van der Waals surface area contributed by atoms with Crippen LogP contribution in [-0.4, -0.2) is 32.1 Å². The monoisotopic (exact) mass is 539 g/mol. The number of Topliss-reactive ketones (excluding diaryl/α,β-unsaturated/α-hetero) is 1. The van der Waals surface area contributed by atoms with Gasteiger partial charge < -0.3 is 19.5 Å². The second kappa shape index (κ2) is 10.3. The maximum absolute atomic E-state index is 13.7. The first-order valence-electron chi connectivity index (χ1n) is 11.7. The third kappa shape index (κ3) is 5.01. The number of hydrogen-bond acceptors (Lipinski definition) is 6. The molecule has 0 radical (unpaired) electrons. The van der Waals surface area contributed by atoms with E-state index in [1.54, 1.807) is 14.2 Å². The van der Waals surface area contributed by atoms with E-state index in [9.17, 15) is 9.59 Å². The van der Waals surface area contributed by atoms with Crippen molar-refractivity contribution in [2.75, 3.05) is 14.2 Å². The number of rotatable bonds is 6. The molecule has 0 saturated carbocycles. The highest BCUT2D eigenvalue weighted by molar-refractivity contribution is 9.10. The minimum atomic E-state index is -0.492. The van der Waals surface area contributed by atoms with Crippen molar-refractivity contribution in [3.8, 4) is 11.5 Å². The van der Waals surface area contributed by atoms with Crippen molar-refractivity contribution >= 4 is 27.7 Å². The maximum Gasteiger partial charge on any atom is 0.337 e. The highest BCUT2D eigenvalue weighted by Gasteiger charge is 2.41. The Morgan fingerprint density at radius 1 is 1.03 bits per heavy atom. The number of methoxy groups -OCH3 is 2. The minimum absolute atomic E-state index is 0.0193. The molecule has 0 aromatic heterocycles. The van der Waals surface area contributed by atoms with Crippen LogP contribution in [0.3, 0.4) is 0 Å². The van der Waals surface area contributed by atoms with Gasteiger partial charge in [0.05, 0.1) is 25.9 Å². The zero-order valence-corrected chi connectivity index (χ0v) is 22.2. The number of halogens is 1. The van der Waals surface area contributed by atoms with E-state index in [0.717, 1.165) is 21.3 Å². The summed E-state index contributed by atoms with van der Waals surface area (Å²) < 4.78 is 17.3. The van der Waals surface area contributed by atoms with Crippen LogP contribution in [0.15, 0.2) is 69.5 Å². The van der Waals surface area contributed by atoms with E-state index >= 15 is 0 Å². The lowest BCUT2D eigenvalue weighted by Crippen LogP contribution is -2.36. The SMILES string of the molecule is COc1ccc([C@H]2CC(=O)C3=C(C2)NC(C)=C(C(=O)OC(C)C)[C@@H]3c2cccc(Br)c2)cc1OC. The number of dihydropyridines is 1. The molecule has 2 atom stereocenters. The molecule has 2 aliphatic rings. The van der Waals surface area contributed by atoms with Gasteiger partial charge in [-0.2, -0.15) is 0 Å². The fourth-order valence-electron chi connectivity index (χ4n) is 4.95. The van der Waals surface area contributed by atoms with Crippen LogP contribution < -0.4 is 14.8 Å². The first kappa shape index (κ1) is 25.0. The van der Waals surface area contributed by atoms with Crippen LogP contribution in [0, 0.1) is 0 Å². The van der Waals surface area contributed by atoms with Crippen LogP contribution in [0.25, 0.3) is 0 Å². The highest BCUT2D eigenvalue weighted by atomic mass is 79.9. The Bertz CT molecular complexity index is 1230. The van der Waals surface area contributed by atoms with Crippen molar-refractivity contribution in [3.05, 3.63) is 80.6 Å². The molecule has 6 nitrogen and oxygen atoms in total. The average molecular weight is 540 g/mol. The van der Waals surface area contributed by atoms with E-state index in [2.05, 4.69) is 21.2 Å². The minimum Gasteiger partial charge on any atom is -0.493 e. The Kier molecular flexibility index (Phi) is 7.36. The summed E-state index contributed by atoms with van der Waals surface area (Å²) in [5, 5.41) is 3.39. The van der Waals surface area contributed by atoms with E-state index < -0.39 is 11.9 Å².